The fraction of sp³-hybridized carbons (Fsp3) is 0.462. The van der Waals surface area contributed by atoms with Crippen LogP contribution in [0.2, 0.25) is 5.02 Å². The molecule has 0 radical (unpaired) electrons. The Labute approximate surface area is 111 Å². The van der Waals surface area contributed by atoms with Crippen LogP contribution in [-0.4, -0.2) is 36.4 Å². The van der Waals surface area contributed by atoms with Gasteiger partial charge in [0.15, 0.2) is 0 Å². The Morgan fingerprint density at radius 3 is 3.00 bits per heavy atom. The molecule has 1 aliphatic rings. The van der Waals surface area contributed by atoms with E-state index >= 15 is 0 Å². The molecule has 1 saturated heterocycles. The maximum atomic E-state index is 11.9. The molecule has 2 N–H and O–H groups in total. The molecule has 5 heteroatoms. The number of benzene rings is 1. The third kappa shape index (κ3) is 3.02. The Balaban J connectivity index is 1.97. The van der Waals surface area contributed by atoms with Crippen LogP contribution >= 0.6 is 11.6 Å². The molecule has 1 aliphatic heterocycles. The number of halogens is 1. The van der Waals surface area contributed by atoms with Crippen molar-refractivity contribution in [2.75, 3.05) is 19.8 Å². The summed E-state index contributed by atoms with van der Waals surface area (Å²) in [4.78, 5) is 11.9. The molecule has 0 bridgehead atoms. The standard InChI is InChI=1S/C13H16ClNO3/c1-9-6-10(2-3-11(9)14)12(16)15-7-13(17)4-5-18-8-13/h2-3,6,17H,4-5,7-8H2,1H3,(H,15,16). The first-order chi connectivity index (χ1) is 8.50. The molecule has 1 heterocycles. The Morgan fingerprint density at radius 1 is 1.61 bits per heavy atom. The van der Waals surface area contributed by atoms with Crippen LogP contribution in [0.4, 0.5) is 0 Å². The summed E-state index contributed by atoms with van der Waals surface area (Å²) >= 11 is 5.90. The van der Waals surface area contributed by atoms with Crippen LogP contribution in [0.1, 0.15) is 22.3 Å². The minimum atomic E-state index is -0.933. The average molecular weight is 270 g/mol. The Hall–Kier alpha value is -1.10. The second-order valence-electron chi connectivity index (χ2n) is 4.67. The predicted octanol–water partition coefficient (Wildman–Crippen LogP) is 1.53. The molecule has 1 amide bonds. The maximum absolute atomic E-state index is 11.9. The Bertz CT molecular complexity index is 456. The van der Waals surface area contributed by atoms with Gasteiger partial charge in [0.1, 0.15) is 5.60 Å². The van der Waals surface area contributed by atoms with E-state index in [0.717, 1.165) is 5.56 Å². The van der Waals surface area contributed by atoms with Crippen LogP contribution in [0.15, 0.2) is 18.2 Å². The number of carbonyl (C=O) groups is 1. The largest absolute Gasteiger partial charge is 0.386 e. The van der Waals surface area contributed by atoms with Crippen LogP contribution in [0, 0.1) is 6.92 Å². The highest BCUT2D eigenvalue weighted by Gasteiger charge is 2.32. The van der Waals surface area contributed by atoms with Crippen molar-refractivity contribution in [1.82, 2.24) is 5.32 Å². The van der Waals surface area contributed by atoms with Gasteiger partial charge in [0.2, 0.25) is 0 Å². The summed E-state index contributed by atoms with van der Waals surface area (Å²) in [5.41, 5.74) is 0.462. The van der Waals surface area contributed by atoms with Crippen molar-refractivity contribution >= 4 is 17.5 Å². The van der Waals surface area contributed by atoms with Crippen LogP contribution < -0.4 is 5.32 Å². The van der Waals surface area contributed by atoms with Crippen molar-refractivity contribution in [2.45, 2.75) is 18.9 Å². The number of amides is 1. The Morgan fingerprint density at radius 2 is 2.39 bits per heavy atom. The molecular formula is C13H16ClNO3. The SMILES string of the molecule is Cc1cc(C(=O)NCC2(O)CCOC2)ccc1Cl. The van der Waals surface area contributed by atoms with Gasteiger partial charge in [-0.1, -0.05) is 11.6 Å². The van der Waals surface area contributed by atoms with E-state index < -0.39 is 5.60 Å². The summed E-state index contributed by atoms with van der Waals surface area (Å²) in [5.74, 6) is -0.213. The molecule has 4 nitrogen and oxygen atoms in total. The minimum Gasteiger partial charge on any atom is -0.386 e. The van der Waals surface area contributed by atoms with Gasteiger partial charge < -0.3 is 15.2 Å². The lowest BCUT2D eigenvalue weighted by molar-refractivity contribution is 0.0264. The van der Waals surface area contributed by atoms with E-state index in [0.29, 0.717) is 23.6 Å². The second kappa shape index (κ2) is 5.26. The van der Waals surface area contributed by atoms with Gasteiger partial charge >= 0.3 is 0 Å². The highest BCUT2D eigenvalue weighted by atomic mass is 35.5. The number of aliphatic hydroxyl groups is 1. The number of ether oxygens (including phenoxy) is 1. The molecule has 0 spiro atoms. The summed E-state index contributed by atoms with van der Waals surface area (Å²) in [5, 5.41) is 13.4. The minimum absolute atomic E-state index is 0.202. The molecule has 18 heavy (non-hydrogen) atoms. The van der Waals surface area contributed by atoms with E-state index in [4.69, 9.17) is 16.3 Å². The number of hydrogen-bond acceptors (Lipinski definition) is 3. The third-order valence-corrected chi connectivity index (χ3v) is 3.50. The monoisotopic (exact) mass is 269 g/mol. The molecular weight excluding hydrogens is 254 g/mol. The van der Waals surface area contributed by atoms with E-state index in [-0.39, 0.29) is 19.1 Å². The fourth-order valence-electron chi connectivity index (χ4n) is 1.87. The summed E-state index contributed by atoms with van der Waals surface area (Å²) < 4.78 is 5.11. The molecule has 98 valence electrons. The van der Waals surface area contributed by atoms with Crippen molar-refractivity contribution in [3.63, 3.8) is 0 Å². The first kappa shape index (κ1) is 13.3. The second-order valence-corrected chi connectivity index (χ2v) is 5.08. The van der Waals surface area contributed by atoms with Gasteiger partial charge in [-0.05, 0) is 30.7 Å². The van der Waals surface area contributed by atoms with E-state index in [1.54, 1.807) is 18.2 Å². The molecule has 1 atom stereocenters. The summed E-state index contributed by atoms with van der Waals surface area (Å²) in [6, 6.07) is 5.09. The van der Waals surface area contributed by atoms with Crippen molar-refractivity contribution in [1.29, 1.82) is 0 Å². The molecule has 0 aromatic heterocycles. The summed E-state index contributed by atoms with van der Waals surface area (Å²) in [6.45, 7) is 2.85. The van der Waals surface area contributed by atoms with Crippen molar-refractivity contribution in [3.05, 3.63) is 34.3 Å². The number of hydrogen-bond donors (Lipinski definition) is 2. The van der Waals surface area contributed by atoms with Gasteiger partial charge in [0.05, 0.1) is 6.61 Å². The van der Waals surface area contributed by atoms with Crippen molar-refractivity contribution < 1.29 is 14.6 Å². The zero-order chi connectivity index (χ0) is 13.2. The van der Waals surface area contributed by atoms with Gasteiger partial charge in [-0.2, -0.15) is 0 Å². The Kier molecular flexibility index (Phi) is 3.90. The highest BCUT2D eigenvalue weighted by molar-refractivity contribution is 6.31. The topological polar surface area (TPSA) is 58.6 Å². The van der Waals surface area contributed by atoms with Crippen LogP contribution in [-0.2, 0) is 4.74 Å². The van der Waals surface area contributed by atoms with E-state index in [1.165, 1.54) is 0 Å². The van der Waals surface area contributed by atoms with Gasteiger partial charge in [-0.15, -0.1) is 0 Å². The van der Waals surface area contributed by atoms with Crippen LogP contribution in [0.25, 0.3) is 0 Å². The number of carbonyl (C=O) groups excluding carboxylic acids is 1. The number of rotatable bonds is 3. The average Bonchev–Trinajstić information content (AvgIpc) is 2.77. The first-order valence-corrected chi connectivity index (χ1v) is 6.22. The molecule has 1 fully saturated rings. The van der Waals surface area contributed by atoms with Gasteiger partial charge in [-0.3, -0.25) is 4.79 Å². The zero-order valence-corrected chi connectivity index (χ0v) is 11.0. The zero-order valence-electron chi connectivity index (χ0n) is 10.2. The highest BCUT2D eigenvalue weighted by Crippen LogP contribution is 2.18. The summed E-state index contributed by atoms with van der Waals surface area (Å²) in [6.07, 6.45) is 0.549. The normalized spacial score (nSPS) is 23.1. The van der Waals surface area contributed by atoms with Crippen molar-refractivity contribution in [2.24, 2.45) is 0 Å². The van der Waals surface area contributed by atoms with Crippen LogP contribution in [0.3, 0.4) is 0 Å². The van der Waals surface area contributed by atoms with Crippen LogP contribution in [0.5, 0.6) is 0 Å². The molecule has 1 unspecified atom stereocenters. The number of nitrogens with one attached hydrogen (secondary N) is 1. The fourth-order valence-corrected chi connectivity index (χ4v) is 1.99. The lowest BCUT2D eigenvalue weighted by atomic mass is 10.0. The lowest BCUT2D eigenvalue weighted by Crippen LogP contribution is -2.43. The number of aryl methyl sites for hydroxylation is 1. The van der Waals surface area contributed by atoms with E-state index in [9.17, 15) is 9.90 Å². The molecule has 1 aromatic carbocycles. The summed E-state index contributed by atoms with van der Waals surface area (Å²) in [7, 11) is 0. The quantitative estimate of drug-likeness (QED) is 0.875. The van der Waals surface area contributed by atoms with Crippen molar-refractivity contribution in [3.8, 4) is 0 Å². The molecule has 2 rings (SSSR count). The first-order valence-electron chi connectivity index (χ1n) is 5.85. The molecule has 1 aromatic rings. The molecule has 0 aliphatic carbocycles. The molecule has 0 saturated carbocycles. The maximum Gasteiger partial charge on any atom is 0.251 e. The van der Waals surface area contributed by atoms with Gasteiger partial charge in [-0.25, -0.2) is 0 Å². The van der Waals surface area contributed by atoms with E-state index in [1.807, 2.05) is 6.92 Å². The lowest BCUT2D eigenvalue weighted by Gasteiger charge is -2.20. The van der Waals surface area contributed by atoms with Gasteiger partial charge in [0, 0.05) is 30.2 Å². The smallest absolute Gasteiger partial charge is 0.251 e. The van der Waals surface area contributed by atoms with E-state index in [2.05, 4.69) is 5.32 Å². The van der Waals surface area contributed by atoms with Gasteiger partial charge in [0.25, 0.3) is 5.91 Å². The third-order valence-electron chi connectivity index (χ3n) is 3.08. The predicted molar refractivity (Wildman–Crippen MR) is 68.9 cm³/mol.